The van der Waals surface area contributed by atoms with Crippen molar-refractivity contribution in [2.24, 2.45) is 0 Å². The van der Waals surface area contributed by atoms with E-state index < -0.39 is 0 Å². The van der Waals surface area contributed by atoms with Crippen LogP contribution >= 0.6 is 11.6 Å². The van der Waals surface area contributed by atoms with E-state index in [9.17, 15) is 0 Å². The zero-order valence-electron chi connectivity index (χ0n) is 8.43. The van der Waals surface area contributed by atoms with Gasteiger partial charge in [-0.3, -0.25) is 0 Å². The Balaban J connectivity index is 2.38. The zero-order chi connectivity index (χ0) is 10.1. The lowest BCUT2D eigenvalue weighted by Gasteiger charge is -2.07. The number of halogens is 1. The van der Waals surface area contributed by atoms with Gasteiger partial charge in [0.2, 0.25) is 0 Å². The fourth-order valence-electron chi connectivity index (χ4n) is 1.86. The molecule has 0 bridgehead atoms. The quantitative estimate of drug-likeness (QED) is 0.812. The van der Waals surface area contributed by atoms with Crippen LogP contribution in [0.25, 0.3) is 0 Å². The summed E-state index contributed by atoms with van der Waals surface area (Å²) in [6.45, 7) is 2.18. The van der Waals surface area contributed by atoms with Crippen LogP contribution in [0.3, 0.4) is 0 Å². The van der Waals surface area contributed by atoms with Crippen LogP contribution < -0.4 is 10.1 Å². The Labute approximate surface area is 89.2 Å². The minimum atomic E-state index is 0.523. The molecule has 0 spiro atoms. The first-order chi connectivity index (χ1) is 6.76. The van der Waals surface area contributed by atoms with Gasteiger partial charge in [-0.25, -0.2) is 0 Å². The van der Waals surface area contributed by atoms with Crippen molar-refractivity contribution in [1.82, 2.24) is 0 Å². The lowest BCUT2D eigenvalue weighted by molar-refractivity contribution is 0.414. The van der Waals surface area contributed by atoms with Crippen molar-refractivity contribution in [3.63, 3.8) is 0 Å². The van der Waals surface area contributed by atoms with Gasteiger partial charge in [0.15, 0.2) is 0 Å². The second-order valence-corrected chi connectivity index (χ2v) is 3.94. The minimum absolute atomic E-state index is 0.523. The molecule has 1 atom stereocenters. The summed E-state index contributed by atoms with van der Waals surface area (Å²) in [7, 11) is 1.65. The molecule has 76 valence electrons. The SMILES string of the molecule is CCC1Cc2c(ccc(OC)c2Cl)N1. The molecule has 14 heavy (non-hydrogen) atoms. The predicted octanol–water partition coefficient (Wildman–Crippen LogP) is 3.10. The molecule has 1 heterocycles. The minimum Gasteiger partial charge on any atom is -0.495 e. The zero-order valence-corrected chi connectivity index (χ0v) is 9.19. The molecule has 1 N–H and O–H groups in total. The number of nitrogens with one attached hydrogen (secondary N) is 1. The molecule has 3 heteroatoms. The monoisotopic (exact) mass is 211 g/mol. The van der Waals surface area contributed by atoms with Crippen LogP contribution in [-0.4, -0.2) is 13.2 Å². The van der Waals surface area contributed by atoms with Crippen molar-refractivity contribution < 1.29 is 4.74 Å². The predicted molar refractivity (Wildman–Crippen MR) is 59.4 cm³/mol. The molecule has 0 amide bonds. The van der Waals surface area contributed by atoms with Crippen LogP contribution in [0.4, 0.5) is 5.69 Å². The van der Waals surface area contributed by atoms with Crippen molar-refractivity contribution in [3.05, 3.63) is 22.7 Å². The van der Waals surface area contributed by atoms with Crippen LogP contribution in [0.15, 0.2) is 12.1 Å². The molecule has 1 unspecified atom stereocenters. The van der Waals surface area contributed by atoms with Gasteiger partial charge in [-0.15, -0.1) is 0 Å². The van der Waals surface area contributed by atoms with Gasteiger partial charge < -0.3 is 10.1 Å². The van der Waals surface area contributed by atoms with E-state index in [1.54, 1.807) is 7.11 Å². The summed E-state index contributed by atoms with van der Waals surface area (Å²) >= 11 is 6.21. The summed E-state index contributed by atoms with van der Waals surface area (Å²) < 4.78 is 5.18. The molecule has 1 aliphatic heterocycles. The second-order valence-electron chi connectivity index (χ2n) is 3.56. The normalized spacial score (nSPS) is 18.9. The molecule has 0 saturated carbocycles. The Morgan fingerprint density at radius 2 is 2.36 bits per heavy atom. The van der Waals surface area contributed by atoms with Crippen LogP contribution in [0.2, 0.25) is 5.02 Å². The summed E-state index contributed by atoms with van der Waals surface area (Å²) in [6, 6.07) is 4.47. The maximum Gasteiger partial charge on any atom is 0.137 e. The van der Waals surface area contributed by atoms with Crippen molar-refractivity contribution >= 4 is 17.3 Å². The standard InChI is InChI=1S/C11H14ClNO/c1-3-7-6-8-9(13-7)4-5-10(14-2)11(8)12/h4-5,7,13H,3,6H2,1-2H3. The third-order valence-corrected chi connectivity index (χ3v) is 3.15. The highest BCUT2D eigenvalue weighted by atomic mass is 35.5. The topological polar surface area (TPSA) is 21.3 Å². The Hall–Kier alpha value is -0.890. The van der Waals surface area contributed by atoms with Gasteiger partial charge >= 0.3 is 0 Å². The highest BCUT2D eigenvalue weighted by molar-refractivity contribution is 6.33. The maximum absolute atomic E-state index is 6.21. The van der Waals surface area contributed by atoms with Gasteiger partial charge in [-0.05, 0) is 30.5 Å². The first-order valence-electron chi connectivity index (χ1n) is 4.88. The average molecular weight is 212 g/mol. The molecule has 2 rings (SSSR count). The van der Waals surface area contributed by atoms with Gasteiger partial charge in [0.25, 0.3) is 0 Å². The number of methoxy groups -OCH3 is 1. The van der Waals surface area contributed by atoms with Crippen molar-refractivity contribution in [3.8, 4) is 5.75 Å². The van der Waals surface area contributed by atoms with E-state index in [2.05, 4.69) is 12.2 Å². The van der Waals surface area contributed by atoms with Crippen molar-refractivity contribution in [2.75, 3.05) is 12.4 Å². The molecule has 1 aromatic carbocycles. The summed E-state index contributed by atoms with van der Waals surface area (Å²) in [6.07, 6.45) is 2.12. The van der Waals surface area contributed by atoms with Gasteiger partial charge in [0.05, 0.1) is 12.1 Å². The maximum atomic E-state index is 6.21. The van der Waals surface area contributed by atoms with E-state index in [-0.39, 0.29) is 0 Å². The molecule has 1 aliphatic rings. The van der Waals surface area contributed by atoms with Gasteiger partial charge in [0.1, 0.15) is 5.75 Å². The highest BCUT2D eigenvalue weighted by Gasteiger charge is 2.22. The number of anilines is 1. The molecule has 2 nitrogen and oxygen atoms in total. The number of hydrogen-bond donors (Lipinski definition) is 1. The van der Waals surface area contributed by atoms with E-state index >= 15 is 0 Å². The first-order valence-corrected chi connectivity index (χ1v) is 5.26. The number of hydrogen-bond acceptors (Lipinski definition) is 2. The van der Waals surface area contributed by atoms with Crippen molar-refractivity contribution in [2.45, 2.75) is 25.8 Å². The number of fused-ring (bicyclic) bond motifs is 1. The first kappa shape index (κ1) is 9.66. The van der Waals surface area contributed by atoms with E-state index in [0.29, 0.717) is 6.04 Å². The van der Waals surface area contributed by atoms with E-state index in [1.165, 1.54) is 5.56 Å². The molecular weight excluding hydrogens is 198 g/mol. The second kappa shape index (κ2) is 3.70. The number of ether oxygens (including phenoxy) is 1. The fourth-order valence-corrected chi connectivity index (χ4v) is 2.18. The summed E-state index contributed by atoms with van der Waals surface area (Å²) in [5.74, 6) is 0.768. The summed E-state index contributed by atoms with van der Waals surface area (Å²) in [4.78, 5) is 0. The van der Waals surface area contributed by atoms with Gasteiger partial charge in [-0.1, -0.05) is 18.5 Å². The van der Waals surface area contributed by atoms with Gasteiger partial charge in [0, 0.05) is 11.7 Å². The largest absolute Gasteiger partial charge is 0.495 e. The molecule has 0 aliphatic carbocycles. The number of benzene rings is 1. The van der Waals surface area contributed by atoms with Gasteiger partial charge in [-0.2, -0.15) is 0 Å². The Bertz CT molecular complexity index is 351. The van der Waals surface area contributed by atoms with Crippen LogP contribution in [0.5, 0.6) is 5.75 Å². The fraction of sp³-hybridized carbons (Fsp3) is 0.455. The molecule has 0 saturated heterocycles. The lowest BCUT2D eigenvalue weighted by atomic mass is 10.1. The highest BCUT2D eigenvalue weighted by Crippen LogP contribution is 2.38. The third-order valence-electron chi connectivity index (χ3n) is 2.73. The Morgan fingerprint density at radius 1 is 1.57 bits per heavy atom. The average Bonchev–Trinajstić information content (AvgIpc) is 2.62. The van der Waals surface area contributed by atoms with Crippen molar-refractivity contribution in [1.29, 1.82) is 0 Å². The Morgan fingerprint density at radius 3 is 3.00 bits per heavy atom. The summed E-state index contributed by atoms with van der Waals surface area (Å²) in [5, 5.41) is 4.19. The van der Waals surface area contributed by atoms with E-state index in [4.69, 9.17) is 16.3 Å². The molecule has 0 aromatic heterocycles. The van der Waals surface area contributed by atoms with Crippen LogP contribution in [-0.2, 0) is 6.42 Å². The smallest absolute Gasteiger partial charge is 0.137 e. The number of rotatable bonds is 2. The molecule has 0 radical (unpaired) electrons. The van der Waals surface area contributed by atoms with Crippen LogP contribution in [0, 0.1) is 0 Å². The Kier molecular flexibility index (Phi) is 2.55. The lowest BCUT2D eigenvalue weighted by Crippen LogP contribution is -2.12. The van der Waals surface area contributed by atoms with E-state index in [0.717, 1.165) is 29.3 Å². The van der Waals surface area contributed by atoms with Crippen LogP contribution in [0.1, 0.15) is 18.9 Å². The molecule has 1 aromatic rings. The molecule has 0 fully saturated rings. The third kappa shape index (κ3) is 1.44. The van der Waals surface area contributed by atoms with E-state index in [1.807, 2.05) is 12.1 Å². The molecular formula is C11H14ClNO. The summed E-state index contributed by atoms with van der Waals surface area (Å²) in [5.41, 5.74) is 2.35.